The number of aromatic nitrogens is 2. The first-order valence-corrected chi connectivity index (χ1v) is 14.1. The minimum Gasteiger partial charge on any atom is -0.494 e. The molecule has 3 aromatic rings. The van der Waals surface area contributed by atoms with Gasteiger partial charge in [-0.05, 0) is 43.7 Å². The van der Waals surface area contributed by atoms with E-state index >= 15 is 0 Å². The van der Waals surface area contributed by atoms with Gasteiger partial charge < -0.3 is 25.2 Å². The van der Waals surface area contributed by atoms with Crippen LogP contribution in [0.2, 0.25) is 10.0 Å². The highest BCUT2D eigenvalue weighted by molar-refractivity contribution is 6.42. The van der Waals surface area contributed by atoms with Crippen molar-refractivity contribution in [3.05, 3.63) is 71.0 Å². The number of methoxy groups -OCH3 is 1. The summed E-state index contributed by atoms with van der Waals surface area (Å²) in [4.78, 5) is 31.7. The van der Waals surface area contributed by atoms with E-state index in [0.717, 1.165) is 43.9 Å². The average Bonchev–Trinajstić information content (AvgIpc) is 3.44. The molecule has 3 heterocycles. The van der Waals surface area contributed by atoms with Crippen LogP contribution in [-0.4, -0.2) is 73.8 Å². The van der Waals surface area contributed by atoms with Crippen molar-refractivity contribution in [2.75, 3.05) is 67.5 Å². The van der Waals surface area contributed by atoms with Crippen LogP contribution in [0.15, 0.2) is 55.4 Å². The van der Waals surface area contributed by atoms with Gasteiger partial charge in [0.15, 0.2) is 5.82 Å². The van der Waals surface area contributed by atoms with Crippen molar-refractivity contribution in [1.29, 1.82) is 0 Å². The molecule has 1 atom stereocenters. The van der Waals surface area contributed by atoms with Crippen molar-refractivity contribution in [2.24, 2.45) is 0 Å². The van der Waals surface area contributed by atoms with Crippen molar-refractivity contribution >= 4 is 57.8 Å². The summed E-state index contributed by atoms with van der Waals surface area (Å²) in [7, 11) is 3.72. The summed E-state index contributed by atoms with van der Waals surface area (Å²) >= 11 is 12.7. The fraction of sp³-hybridized carbons (Fsp3) is 0.345. The van der Waals surface area contributed by atoms with Gasteiger partial charge in [0.05, 0.1) is 46.9 Å². The van der Waals surface area contributed by atoms with E-state index in [1.54, 1.807) is 18.2 Å². The van der Waals surface area contributed by atoms with Crippen LogP contribution in [0.3, 0.4) is 0 Å². The van der Waals surface area contributed by atoms with Gasteiger partial charge in [-0.15, -0.1) is 0 Å². The van der Waals surface area contributed by atoms with Gasteiger partial charge in [-0.2, -0.15) is 0 Å². The second-order valence-corrected chi connectivity index (χ2v) is 10.7. The van der Waals surface area contributed by atoms with Gasteiger partial charge in [0.2, 0.25) is 5.91 Å². The minimum atomic E-state index is -0.294. The predicted octanol–water partition coefficient (Wildman–Crippen LogP) is 5.16. The molecule has 10 nitrogen and oxygen atoms in total. The van der Waals surface area contributed by atoms with Gasteiger partial charge in [-0.3, -0.25) is 9.63 Å². The van der Waals surface area contributed by atoms with E-state index < -0.39 is 0 Å². The molecular formula is C29H33Cl2N7O3. The van der Waals surface area contributed by atoms with Crippen LogP contribution in [0.4, 0.5) is 28.7 Å². The quantitative estimate of drug-likeness (QED) is 0.324. The first kappa shape index (κ1) is 28.9. The molecule has 0 aliphatic carbocycles. The average molecular weight is 599 g/mol. The molecule has 5 rings (SSSR count). The summed E-state index contributed by atoms with van der Waals surface area (Å²) in [5.74, 6) is 1.47. The summed E-state index contributed by atoms with van der Waals surface area (Å²) < 4.78 is 5.76. The van der Waals surface area contributed by atoms with Crippen molar-refractivity contribution in [3.63, 3.8) is 0 Å². The Kier molecular flexibility index (Phi) is 9.14. The fourth-order valence-corrected chi connectivity index (χ4v) is 5.41. The zero-order valence-corrected chi connectivity index (χ0v) is 24.6. The predicted molar refractivity (Wildman–Crippen MR) is 164 cm³/mol. The summed E-state index contributed by atoms with van der Waals surface area (Å²) in [6.07, 6.45) is 4.20. The number of carbonyl (C=O) groups is 1. The van der Waals surface area contributed by atoms with E-state index in [1.165, 1.54) is 12.4 Å². The molecule has 1 aromatic heterocycles. The van der Waals surface area contributed by atoms with Crippen molar-refractivity contribution in [3.8, 4) is 5.75 Å². The Hall–Kier alpha value is -3.57. The van der Waals surface area contributed by atoms with Crippen molar-refractivity contribution in [2.45, 2.75) is 18.9 Å². The second kappa shape index (κ2) is 12.9. The van der Waals surface area contributed by atoms with Crippen LogP contribution in [-0.2, 0) is 16.1 Å². The minimum absolute atomic E-state index is 0.0202. The van der Waals surface area contributed by atoms with E-state index in [0.29, 0.717) is 51.8 Å². The van der Waals surface area contributed by atoms with Crippen LogP contribution in [0.5, 0.6) is 5.75 Å². The summed E-state index contributed by atoms with van der Waals surface area (Å²) in [5, 5.41) is 9.17. The monoisotopic (exact) mass is 597 g/mol. The second-order valence-electron chi connectivity index (χ2n) is 9.96. The summed E-state index contributed by atoms with van der Waals surface area (Å²) in [6.45, 7) is 7.66. The van der Waals surface area contributed by atoms with E-state index in [9.17, 15) is 4.79 Å². The maximum absolute atomic E-state index is 12.3. The van der Waals surface area contributed by atoms with Crippen LogP contribution >= 0.6 is 23.2 Å². The molecule has 1 unspecified atom stereocenters. The van der Waals surface area contributed by atoms with Gasteiger partial charge in [0, 0.05) is 38.3 Å². The van der Waals surface area contributed by atoms with Crippen LogP contribution in [0.1, 0.15) is 12.0 Å². The number of nitrogens with one attached hydrogen (secondary N) is 2. The lowest BCUT2D eigenvalue weighted by molar-refractivity contribution is -0.111. The number of hydroxylamine groups is 1. The Bertz CT molecular complexity index is 1420. The van der Waals surface area contributed by atoms with Crippen molar-refractivity contribution < 1.29 is 14.4 Å². The highest BCUT2D eigenvalue weighted by atomic mass is 35.5. The number of ether oxygens (including phenoxy) is 1. The Morgan fingerprint density at radius 2 is 1.98 bits per heavy atom. The molecule has 0 radical (unpaired) electrons. The lowest BCUT2D eigenvalue weighted by Crippen LogP contribution is -2.44. The third-order valence-corrected chi connectivity index (χ3v) is 8.10. The Balaban J connectivity index is 1.40. The molecule has 41 heavy (non-hydrogen) atoms. The van der Waals surface area contributed by atoms with E-state index in [1.807, 2.05) is 30.3 Å². The SMILES string of the molecule is C=CC(=O)Nc1cc(Nc2cc(N3OCCC3Cc3cccc(Cl)c3Cl)ncn2)c(OC)cc1N1CCN(C)CC1. The number of anilines is 5. The number of rotatable bonds is 9. The molecule has 216 valence electrons. The molecule has 2 saturated heterocycles. The van der Waals surface area contributed by atoms with Gasteiger partial charge in [0.1, 0.15) is 17.9 Å². The molecule has 0 spiro atoms. The molecule has 2 aliphatic rings. The zero-order chi connectivity index (χ0) is 28.9. The number of benzene rings is 2. The molecule has 2 aliphatic heterocycles. The molecule has 2 N–H and O–H groups in total. The standard InChI is InChI=1S/C29H33Cl2N7O3/c1-4-28(39)35-22-15-23(25(40-3)16-24(22)37-11-9-36(2)10-12-37)34-26-17-27(33-18-32-26)38-20(8-13-41-38)14-19-6-5-7-21(30)29(19)31/h4-7,15-18,20H,1,8-14H2,2-3H3,(H,35,39)(H,32,33,34). The van der Waals surface area contributed by atoms with Gasteiger partial charge >= 0.3 is 0 Å². The topological polar surface area (TPSA) is 95.1 Å². The molecule has 0 saturated carbocycles. The molecule has 2 fully saturated rings. The van der Waals surface area contributed by atoms with Crippen LogP contribution in [0, 0.1) is 0 Å². The number of halogens is 2. The highest BCUT2D eigenvalue weighted by Crippen LogP contribution is 2.39. The fourth-order valence-electron chi connectivity index (χ4n) is 5.01. The Morgan fingerprint density at radius 1 is 1.17 bits per heavy atom. The molecule has 1 amide bonds. The lowest BCUT2D eigenvalue weighted by atomic mass is 10.0. The molecule has 12 heteroatoms. The first-order valence-electron chi connectivity index (χ1n) is 13.4. The molecular weight excluding hydrogens is 565 g/mol. The van der Waals surface area contributed by atoms with E-state index in [2.05, 4.69) is 44.0 Å². The highest BCUT2D eigenvalue weighted by Gasteiger charge is 2.29. The number of piperazine rings is 1. The maximum atomic E-state index is 12.3. The normalized spacial score (nSPS) is 17.4. The Morgan fingerprint density at radius 3 is 2.73 bits per heavy atom. The number of hydrogen-bond acceptors (Lipinski definition) is 9. The Labute approximate surface area is 249 Å². The third-order valence-electron chi connectivity index (χ3n) is 7.25. The van der Waals surface area contributed by atoms with Crippen molar-refractivity contribution in [1.82, 2.24) is 14.9 Å². The maximum Gasteiger partial charge on any atom is 0.247 e. The number of nitrogens with zero attached hydrogens (tertiary/aromatic N) is 5. The van der Waals surface area contributed by atoms with Gasteiger partial charge in [-0.25, -0.2) is 15.0 Å². The molecule has 2 aromatic carbocycles. The number of hydrogen-bond donors (Lipinski definition) is 2. The number of likely N-dealkylation sites (N-methyl/N-ethyl adjacent to an activating group) is 1. The van der Waals surface area contributed by atoms with Crippen LogP contribution < -0.4 is 25.3 Å². The number of carbonyl (C=O) groups excluding carboxylic acids is 1. The van der Waals surface area contributed by atoms with Gasteiger partial charge in [-0.1, -0.05) is 41.9 Å². The largest absolute Gasteiger partial charge is 0.494 e. The van der Waals surface area contributed by atoms with E-state index in [-0.39, 0.29) is 11.9 Å². The summed E-state index contributed by atoms with van der Waals surface area (Å²) in [6, 6.07) is 11.3. The lowest BCUT2D eigenvalue weighted by Gasteiger charge is -2.35. The zero-order valence-electron chi connectivity index (χ0n) is 23.1. The third kappa shape index (κ3) is 6.68. The molecule has 0 bridgehead atoms. The number of amides is 1. The smallest absolute Gasteiger partial charge is 0.247 e. The first-order chi connectivity index (χ1) is 19.9. The van der Waals surface area contributed by atoms with Crippen LogP contribution in [0.25, 0.3) is 0 Å². The van der Waals surface area contributed by atoms with E-state index in [4.69, 9.17) is 32.8 Å². The van der Waals surface area contributed by atoms with Gasteiger partial charge in [0.25, 0.3) is 0 Å². The summed E-state index contributed by atoms with van der Waals surface area (Å²) in [5.41, 5.74) is 3.12.